The Hall–Kier alpha value is -1.38. The molecule has 1 spiro atoms. The van der Waals surface area contributed by atoms with Crippen molar-refractivity contribution in [1.82, 2.24) is 0 Å². The number of fused-ring (bicyclic) bond motifs is 3. The number of Topliss-reactive ketones (excluding diaryl/α,β-unsaturated/α-hetero) is 1. The Bertz CT molecular complexity index is 446. The minimum Gasteiger partial charge on any atom is -0.478 e. The van der Waals surface area contributed by atoms with Gasteiger partial charge in [-0.05, 0) is 31.1 Å². The molecule has 0 aliphatic heterocycles. The van der Waals surface area contributed by atoms with Crippen LogP contribution in [0.25, 0.3) is 0 Å². The van der Waals surface area contributed by atoms with Gasteiger partial charge in [-0.2, -0.15) is 0 Å². The van der Waals surface area contributed by atoms with Crippen LogP contribution in [0.2, 0.25) is 0 Å². The zero-order valence-electron chi connectivity index (χ0n) is 9.03. The van der Waals surface area contributed by atoms with Gasteiger partial charge < -0.3 is 5.11 Å². The van der Waals surface area contributed by atoms with Gasteiger partial charge in [0.05, 0.1) is 5.57 Å². The predicted octanol–water partition coefficient (Wildman–Crippen LogP) is 1.94. The summed E-state index contributed by atoms with van der Waals surface area (Å²) in [6.07, 6.45) is 6.74. The van der Waals surface area contributed by atoms with Crippen LogP contribution in [0, 0.1) is 17.3 Å². The maximum atomic E-state index is 11.8. The van der Waals surface area contributed by atoms with E-state index in [-0.39, 0.29) is 16.8 Å². The van der Waals surface area contributed by atoms with Gasteiger partial charge in [-0.25, -0.2) is 4.79 Å². The maximum Gasteiger partial charge on any atom is 0.339 e. The van der Waals surface area contributed by atoms with Crippen molar-refractivity contribution in [3.05, 3.63) is 23.8 Å². The molecule has 3 rings (SSSR count). The Labute approximate surface area is 93.8 Å². The molecular weight excluding hydrogens is 204 g/mol. The smallest absolute Gasteiger partial charge is 0.339 e. The van der Waals surface area contributed by atoms with E-state index in [1.165, 1.54) is 19.3 Å². The summed E-state index contributed by atoms with van der Waals surface area (Å²) in [6, 6.07) is 0. The van der Waals surface area contributed by atoms with Crippen LogP contribution >= 0.6 is 0 Å². The van der Waals surface area contributed by atoms with Crippen LogP contribution in [0.4, 0.5) is 0 Å². The van der Waals surface area contributed by atoms with Gasteiger partial charge in [-0.3, -0.25) is 4.79 Å². The number of carboxylic acids is 1. The molecule has 3 aliphatic carbocycles. The van der Waals surface area contributed by atoms with Crippen LogP contribution in [0.5, 0.6) is 0 Å². The van der Waals surface area contributed by atoms with E-state index in [2.05, 4.69) is 6.58 Å². The van der Waals surface area contributed by atoms with Gasteiger partial charge in [0.15, 0.2) is 5.78 Å². The second-order valence-corrected chi connectivity index (χ2v) is 5.29. The average Bonchev–Trinajstić information content (AvgIpc) is 2.62. The molecule has 0 aromatic heterocycles. The zero-order chi connectivity index (χ0) is 11.5. The molecule has 2 bridgehead atoms. The first-order valence-corrected chi connectivity index (χ1v) is 5.75. The van der Waals surface area contributed by atoms with Crippen molar-refractivity contribution in [2.45, 2.75) is 25.7 Å². The summed E-state index contributed by atoms with van der Waals surface area (Å²) in [5.74, 6) is -0.196. The molecular formula is C13H14O3. The topological polar surface area (TPSA) is 54.4 Å². The molecule has 3 unspecified atom stereocenters. The standard InChI is InChI=1S/C13H14O3/c1-7(12(15)16)11(14)10-6-13(10)5-8-2-3-9(13)4-8/h6,8-9H,1-5H2,(H,15,16). The molecule has 3 nitrogen and oxygen atoms in total. The lowest BCUT2D eigenvalue weighted by Gasteiger charge is -2.23. The first-order chi connectivity index (χ1) is 7.54. The fraction of sp³-hybridized carbons (Fsp3) is 0.538. The van der Waals surface area contributed by atoms with E-state index in [1.54, 1.807) is 0 Å². The van der Waals surface area contributed by atoms with Gasteiger partial charge in [0.25, 0.3) is 0 Å². The second kappa shape index (κ2) is 2.84. The lowest BCUT2D eigenvalue weighted by Crippen LogP contribution is -2.20. The van der Waals surface area contributed by atoms with E-state index in [0.717, 1.165) is 17.9 Å². The van der Waals surface area contributed by atoms with E-state index < -0.39 is 5.97 Å². The third-order valence-electron chi connectivity index (χ3n) is 4.49. The predicted molar refractivity (Wildman–Crippen MR) is 57.7 cm³/mol. The fourth-order valence-corrected chi connectivity index (χ4v) is 3.64. The van der Waals surface area contributed by atoms with E-state index in [1.807, 2.05) is 6.08 Å². The number of carboxylic acid groups (broad SMARTS) is 1. The molecule has 3 atom stereocenters. The highest BCUT2D eigenvalue weighted by Gasteiger charge is 2.60. The molecule has 2 saturated carbocycles. The van der Waals surface area contributed by atoms with Gasteiger partial charge in [-0.1, -0.05) is 19.1 Å². The van der Waals surface area contributed by atoms with Crippen molar-refractivity contribution >= 4 is 11.8 Å². The van der Waals surface area contributed by atoms with Crippen LogP contribution in [-0.2, 0) is 9.59 Å². The van der Waals surface area contributed by atoms with Crippen LogP contribution in [-0.4, -0.2) is 16.9 Å². The number of carbonyl (C=O) groups is 2. The molecule has 0 saturated heterocycles. The SMILES string of the molecule is C=C(C(=O)O)C(=O)C1=CC12CC1CCC2C1. The molecule has 1 N–H and O–H groups in total. The second-order valence-electron chi connectivity index (χ2n) is 5.29. The number of allylic oxidation sites excluding steroid dienone is 2. The minimum absolute atomic E-state index is 0.0155. The average molecular weight is 218 g/mol. The molecule has 0 radical (unpaired) electrons. The molecule has 0 amide bonds. The van der Waals surface area contributed by atoms with Crippen molar-refractivity contribution in [1.29, 1.82) is 0 Å². The first kappa shape index (κ1) is 9.82. The number of ketones is 1. The Morgan fingerprint density at radius 2 is 2.19 bits per heavy atom. The maximum absolute atomic E-state index is 11.8. The van der Waals surface area contributed by atoms with Crippen molar-refractivity contribution in [3.8, 4) is 0 Å². The van der Waals surface area contributed by atoms with Crippen LogP contribution < -0.4 is 0 Å². The Morgan fingerprint density at radius 3 is 2.69 bits per heavy atom. The summed E-state index contributed by atoms with van der Waals surface area (Å²) < 4.78 is 0. The Morgan fingerprint density at radius 1 is 1.44 bits per heavy atom. The number of rotatable bonds is 3. The first-order valence-electron chi connectivity index (χ1n) is 5.75. The lowest BCUT2D eigenvalue weighted by molar-refractivity contribution is -0.134. The van der Waals surface area contributed by atoms with Gasteiger partial charge >= 0.3 is 5.97 Å². The van der Waals surface area contributed by atoms with E-state index in [4.69, 9.17) is 5.11 Å². The monoisotopic (exact) mass is 218 g/mol. The highest BCUT2D eigenvalue weighted by atomic mass is 16.4. The number of hydrogen-bond donors (Lipinski definition) is 1. The third-order valence-corrected chi connectivity index (χ3v) is 4.49. The molecule has 0 aromatic carbocycles. The normalized spacial score (nSPS) is 38.6. The summed E-state index contributed by atoms with van der Waals surface area (Å²) in [5, 5.41) is 8.74. The van der Waals surface area contributed by atoms with Crippen LogP contribution in [0.3, 0.4) is 0 Å². The summed E-state index contributed by atoms with van der Waals surface area (Å²) in [6.45, 7) is 3.34. The highest BCUT2D eigenvalue weighted by molar-refractivity contribution is 6.25. The van der Waals surface area contributed by atoms with Gasteiger partial charge in [0.2, 0.25) is 0 Å². The molecule has 3 heteroatoms. The summed E-state index contributed by atoms with van der Waals surface area (Å²) in [4.78, 5) is 22.5. The summed E-state index contributed by atoms with van der Waals surface area (Å²) >= 11 is 0. The van der Waals surface area contributed by atoms with Crippen LogP contribution in [0.15, 0.2) is 23.8 Å². The molecule has 0 heterocycles. The molecule has 2 fully saturated rings. The summed E-state index contributed by atoms with van der Waals surface area (Å²) in [7, 11) is 0. The quantitative estimate of drug-likeness (QED) is 0.447. The number of carbonyl (C=O) groups excluding carboxylic acids is 1. The lowest BCUT2D eigenvalue weighted by atomic mass is 9.80. The molecule has 84 valence electrons. The summed E-state index contributed by atoms with van der Waals surface area (Å²) in [5.41, 5.74) is 0.427. The van der Waals surface area contributed by atoms with Gasteiger partial charge in [0.1, 0.15) is 0 Å². The van der Waals surface area contributed by atoms with Crippen molar-refractivity contribution in [2.24, 2.45) is 17.3 Å². The van der Waals surface area contributed by atoms with Gasteiger partial charge in [0, 0.05) is 11.0 Å². The van der Waals surface area contributed by atoms with E-state index in [0.29, 0.717) is 5.92 Å². The zero-order valence-corrected chi connectivity index (χ0v) is 9.03. The van der Waals surface area contributed by atoms with Crippen molar-refractivity contribution in [2.75, 3.05) is 0 Å². The Balaban J connectivity index is 1.76. The van der Waals surface area contributed by atoms with Crippen molar-refractivity contribution < 1.29 is 14.7 Å². The van der Waals surface area contributed by atoms with E-state index >= 15 is 0 Å². The highest BCUT2D eigenvalue weighted by Crippen LogP contribution is 2.67. The minimum atomic E-state index is -1.20. The molecule has 0 aromatic rings. The molecule has 16 heavy (non-hydrogen) atoms. The van der Waals surface area contributed by atoms with Crippen molar-refractivity contribution in [3.63, 3.8) is 0 Å². The van der Waals surface area contributed by atoms with Gasteiger partial charge in [-0.15, -0.1) is 0 Å². The number of hydrogen-bond acceptors (Lipinski definition) is 2. The van der Waals surface area contributed by atoms with E-state index in [9.17, 15) is 9.59 Å². The largest absolute Gasteiger partial charge is 0.478 e. The fourth-order valence-electron chi connectivity index (χ4n) is 3.64. The molecule has 3 aliphatic rings. The Kier molecular flexibility index (Phi) is 1.74. The third kappa shape index (κ3) is 1.09. The van der Waals surface area contributed by atoms with Crippen LogP contribution in [0.1, 0.15) is 25.7 Å². The number of aliphatic carboxylic acids is 1.